The van der Waals surface area contributed by atoms with Crippen molar-refractivity contribution >= 4 is 22.9 Å². The summed E-state index contributed by atoms with van der Waals surface area (Å²) in [7, 11) is 0. The minimum Gasteiger partial charge on any atom is -0.326 e. The van der Waals surface area contributed by atoms with Crippen LogP contribution >= 0.6 is 11.3 Å². The summed E-state index contributed by atoms with van der Waals surface area (Å²) >= 11 is 1.45. The van der Waals surface area contributed by atoms with Gasteiger partial charge in [0.2, 0.25) is 5.91 Å². The lowest BCUT2D eigenvalue weighted by atomic mass is 10.2. The van der Waals surface area contributed by atoms with Crippen LogP contribution < -0.4 is 5.32 Å². The van der Waals surface area contributed by atoms with E-state index in [4.69, 9.17) is 0 Å². The molecule has 88 valence electrons. The molecule has 0 fully saturated rings. The Kier molecular flexibility index (Phi) is 3.49. The first-order valence-corrected chi connectivity index (χ1v) is 5.97. The van der Waals surface area contributed by atoms with Gasteiger partial charge in [-0.3, -0.25) is 4.79 Å². The van der Waals surface area contributed by atoms with Gasteiger partial charge in [-0.15, -0.1) is 11.3 Å². The van der Waals surface area contributed by atoms with Crippen LogP contribution in [0.1, 0.15) is 10.6 Å². The number of aryl methyl sites for hydroxylation is 1. The zero-order valence-electron chi connectivity index (χ0n) is 9.24. The van der Waals surface area contributed by atoms with Crippen LogP contribution in [0.3, 0.4) is 0 Å². The maximum absolute atomic E-state index is 12.9. The minimum absolute atomic E-state index is 0.164. The molecule has 1 N–H and O–H groups in total. The Hall–Kier alpha value is -1.75. The molecule has 3 nitrogen and oxygen atoms in total. The molecule has 1 heterocycles. The van der Waals surface area contributed by atoms with Gasteiger partial charge in [0, 0.05) is 10.6 Å². The minimum atomic E-state index is -0.364. The molecule has 0 spiro atoms. The average Bonchev–Trinajstić information content (AvgIpc) is 2.64. The topological polar surface area (TPSA) is 42.0 Å². The van der Waals surface area contributed by atoms with Crippen LogP contribution in [-0.4, -0.2) is 10.9 Å². The van der Waals surface area contributed by atoms with E-state index < -0.39 is 0 Å². The van der Waals surface area contributed by atoms with Crippen molar-refractivity contribution in [2.75, 3.05) is 5.32 Å². The van der Waals surface area contributed by atoms with Gasteiger partial charge in [-0.2, -0.15) is 0 Å². The predicted molar refractivity (Wildman–Crippen MR) is 65.6 cm³/mol. The van der Waals surface area contributed by atoms with Crippen molar-refractivity contribution in [2.24, 2.45) is 0 Å². The highest BCUT2D eigenvalue weighted by atomic mass is 32.1. The molecule has 0 unspecified atom stereocenters. The average molecular weight is 250 g/mol. The summed E-state index contributed by atoms with van der Waals surface area (Å²) in [6.45, 7) is 1.86. The van der Waals surface area contributed by atoms with Crippen LogP contribution in [0.15, 0.2) is 29.8 Å². The third kappa shape index (κ3) is 3.10. The molecule has 1 aromatic heterocycles. The second-order valence-electron chi connectivity index (χ2n) is 3.60. The van der Waals surface area contributed by atoms with Gasteiger partial charge in [-0.1, -0.05) is 6.07 Å². The van der Waals surface area contributed by atoms with E-state index in [1.54, 1.807) is 17.6 Å². The van der Waals surface area contributed by atoms with Crippen LogP contribution in [0, 0.1) is 12.7 Å². The first kappa shape index (κ1) is 11.7. The number of benzene rings is 1. The second kappa shape index (κ2) is 5.05. The third-order valence-corrected chi connectivity index (χ3v) is 3.21. The second-order valence-corrected chi connectivity index (χ2v) is 4.54. The van der Waals surface area contributed by atoms with Crippen molar-refractivity contribution in [1.29, 1.82) is 0 Å². The Morgan fingerprint density at radius 2 is 2.35 bits per heavy atom. The third-order valence-electron chi connectivity index (χ3n) is 2.27. The van der Waals surface area contributed by atoms with Crippen molar-refractivity contribution in [1.82, 2.24) is 4.98 Å². The zero-order chi connectivity index (χ0) is 12.3. The number of thiazole rings is 1. The molecule has 0 aliphatic heterocycles. The maximum Gasteiger partial charge on any atom is 0.229 e. The Morgan fingerprint density at radius 3 is 3.00 bits per heavy atom. The fraction of sp³-hybridized carbons (Fsp3) is 0.167. The van der Waals surface area contributed by atoms with E-state index in [1.807, 2.05) is 6.92 Å². The summed E-state index contributed by atoms with van der Waals surface area (Å²) in [4.78, 5) is 16.7. The van der Waals surface area contributed by atoms with E-state index in [0.29, 0.717) is 5.69 Å². The smallest absolute Gasteiger partial charge is 0.229 e. The number of nitrogens with zero attached hydrogens (tertiary/aromatic N) is 1. The quantitative estimate of drug-likeness (QED) is 0.910. The standard InChI is InChI=1S/C12H11FN2OS/c1-8-11(17-7-14-8)6-12(16)15-10-4-2-3-9(13)5-10/h2-5,7H,6H2,1H3,(H,15,16). The van der Waals surface area contributed by atoms with Crippen LogP contribution in [0.5, 0.6) is 0 Å². The van der Waals surface area contributed by atoms with Crippen molar-refractivity contribution in [3.8, 4) is 0 Å². The van der Waals surface area contributed by atoms with E-state index >= 15 is 0 Å². The Balaban J connectivity index is 2.01. The number of hydrogen-bond acceptors (Lipinski definition) is 3. The highest BCUT2D eigenvalue weighted by molar-refractivity contribution is 7.09. The largest absolute Gasteiger partial charge is 0.326 e. The number of hydrogen-bond donors (Lipinski definition) is 1. The molecule has 5 heteroatoms. The molecule has 1 aromatic carbocycles. The van der Waals surface area contributed by atoms with Crippen molar-refractivity contribution < 1.29 is 9.18 Å². The molecule has 0 atom stereocenters. The van der Waals surface area contributed by atoms with Crippen LogP contribution in [0.4, 0.5) is 10.1 Å². The van der Waals surface area contributed by atoms with Gasteiger partial charge >= 0.3 is 0 Å². The maximum atomic E-state index is 12.9. The number of nitrogens with one attached hydrogen (secondary N) is 1. The first-order chi connectivity index (χ1) is 8.15. The number of amides is 1. The lowest BCUT2D eigenvalue weighted by molar-refractivity contribution is -0.115. The molecule has 0 radical (unpaired) electrons. The number of carbonyl (C=O) groups is 1. The van der Waals surface area contributed by atoms with Gasteiger partial charge in [-0.25, -0.2) is 9.37 Å². The number of carbonyl (C=O) groups excluding carboxylic acids is 1. The van der Waals surface area contributed by atoms with Gasteiger partial charge in [0.05, 0.1) is 17.6 Å². The number of halogens is 1. The van der Waals surface area contributed by atoms with E-state index in [9.17, 15) is 9.18 Å². The Morgan fingerprint density at radius 1 is 1.53 bits per heavy atom. The van der Waals surface area contributed by atoms with E-state index in [0.717, 1.165) is 10.6 Å². The van der Waals surface area contributed by atoms with Crippen LogP contribution in [0.25, 0.3) is 0 Å². The molecular formula is C12H11FN2OS. The zero-order valence-corrected chi connectivity index (χ0v) is 10.1. The van der Waals surface area contributed by atoms with Gasteiger partial charge in [0.15, 0.2) is 0 Å². The summed E-state index contributed by atoms with van der Waals surface area (Å²) in [6, 6.07) is 5.84. The summed E-state index contributed by atoms with van der Waals surface area (Å²) in [5.74, 6) is -0.528. The van der Waals surface area contributed by atoms with Gasteiger partial charge < -0.3 is 5.32 Å². The monoisotopic (exact) mass is 250 g/mol. The van der Waals surface area contributed by atoms with Crippen molar-refractivity contribution in [3.05, 3.63) is 46.2 Å². The van der Waals surface area contributed by atoms with Crippen LogP contribution in [-0.2, 0) is 11.2 Å². The molecular weight excluding hydrogens is 239 g/mol. The van der Waals surface area contributed by atoms with Gasteiger partial charge in [0.1, 0.15) is 5.82 Å². The SMILES string of the molecule is Cc1ncsc1CC(=O)Nc1cccc(F)c1. The predicted octanol–water partition coefficient (Wildman–Crippen LogP) is 2.77. The normalized spacial score (nSPS) is 10.2. The van der Waals surface area contributed by atoms with Crippen molar-refractivity contribution in [3.63, 3.8) is 0 Å². The number of rotatable bonds is 3. The van der Waals surface area contributed by atoms with Crippen LogP contribution in [0.2, 0.25) is 0 Å². The molecule has 0 bridgehead atoms. The summed E-state index contributed by atoms with van der Waals surface area (Å²) in [5.41, 5.74) is 3.04. The van der Waals surface area contributed by atoms with E-state index in [1.165, 1.54) is 23.5 Å². The lowest BCUT2D eigenvalue weighted by Crippen LogP contribution is -2.14. The molecule has 1 amide bonds. The van der Waals surface area contributed by atoms with Gasteiger partial charge in [-0.05, 0) is 25.1 Å². The van der Waals surface area contributed by atoms with Gasteiger partial charge in [0.25, 0.3) is 0 Å². The first-order valence-electron chi connectivity index (χ1n) is 5.09. The highest BCUT2D eigenvalue weighted by Gasteiger charge is 2.08. The van der Waals surface area contributed by atoms with E-state index in [2.05, 4.69) is 10.3 Å². The Labute approximate surface area is 102 Å². The highest BCUT2D eigenvalue weighted by Crippen LogP contribution is 2.14. The number of aromatic nitrogens is 1. The molecule has 0 aliphatic rings. The molecule has 2 rings (SSSR count). The summed E-state index contributed by atoms with van der Waals surface area (Å²) < 4.78 is 12.9. The fourth-order valence-corrected chi connectivity index (χ4v) is 2.19. The lowest BCUT2D eigenvalue weighted by Gasteiger charge is -2.04. The molecule has 0 saturated heterocycles. The summed E-state index contributed by atoms with van der Waals surface area (Å²) in [5, 5.41) is 2.65. The molecule has 2 aromatic rings. The number of anilines is 1. The van der Waals surface area contributed by atoms with Crippen molar-refractivity contribution in [2.45, 2.75) is 13.3 Å². The molecule has 0 aliphatic carbocycles. The Bertz CT molecular complexity index is 539. The fourth-order valence-electron chi connectivity index (χ4n) is 1.41. The van der Waals surface area contributed by atoms with E-state index in [-0.39, 0.29) is 18.1 Å². The molecule has 0 saturated carbocycles. The summed E-state index contributed by atoms with van der Waals surface area (Å²) in [6.07, 6.45) is 0.271. The molecule has 17 heavy (non-hydrogen) atoms.